The van der Waals surface area contributed by atoms with Gasteiger partial charge >= 0.3 is 0 Å². The number of carbonyl (C=O) groups is 2. The van der Waals surface area contributed by atoms with Crippen molar-refractivity contribution in [3.8, 4) is 5.75 Å². The van der Waals surface area contributed by atoms with Crippen molar-refractivity contribution in [2.24, 2.45) is 0 Å². The van der Waals surface area contributed by atoms with Crippen LogP contribution >= 0.6 is 11.8 Å². The van der Waals surface area contributed by atoms with Crippen LogP contribution in [0.4, 0.5) is 0 Å². The highest BCUT2D eigenvalue weighted by atomic mass is 32.2. The van der Waals surface area contributed by atoms with Crippen molar-refractivity contribution in [3.63, 3.8) is 0 Å². The smallest absolute Gasteiger partial charge is 0.247 e. The summed E-state index contributed by atoms with van der Waals surface area (Å²) < 4.78 is 5.39. The molecule has 0 saturated carbocycles. The number of nitrogens with zero attached hydrogens (tertiary/aromatic N) is 2. The van der Waals surface area contributed by atoms with Gasteiger partial charge < -0.3 is 14.5 Å². The molecule has 2 atom stereocenters. The molecule has 2 amide bonds. The number of carbonyl (C=O) groups excluding carboxylic acids is 2. The molecule has 28 heavy (non-hydrogen) atoms. The molecule has 0 aliphatic carbocycles. The number of hydrogen-bond donors (Lipinski definition) is 0. The first-order valence-electron chi connectivity index (χ1n) is 9.54. The highest BCUT2D eigenvalue weighted by molar-refractivity contribution is 8.00. The van der Waals surface area contributed by atoms with Gasteiger partial charge in [-0.15, -0.1) is 11.8 Å². The molecule has 6 heteroatoms. The summed E-state index contributed by atoms with van der Waals surface area (Å²) in [4.78, 5) is 29.4. The van der Waals surface area contributed by atoms with Crippen molar-refractivity contribution in [1.82, 2.24) is 9.80 Å². The van der Waals surface area contributed by atoms with Gasteiger partial charge in [-0.1, -0.05) is 48.5 Å². The first-order chi connectivity index (χ1) is 13.7. The molecule has 146 valence electrons. The van der Waals surface area contributed by atoms with E-state index in [1.807, 2.05) is 47.4 Å². The topological polar surface area (TPSA) is 49.9 Å². The van der Waals surface area contributed by atoms with E-state index < -0.39 is 0 Å². The highest BCUT2D eigenvalue weighted by Crippen LogP contribution is 2.36. The number of methoxy groups -OCH3 is 1. The molecule has 2 aromatic rings. The van der Waals surface area contributed by atoms with Crippen molar-refractivity contribution in [2.45, 2.75) is 30.8 Å². The monoisotopic (exact) mass is 396 g/mol. The van der Waals surface area contributed by atoms with Crippen LogP contribution in [0.2, 0.25) is 0 Å². The summed E-state index contributed by atoms with van der Waals surface area (Å²) in [5, 5.41) is 0.0788. The van der Waals surface area contributed by atoms with E-state index in [-0.39, 0.29) is 29.8 Å². The van der Waals surface area contributed by atoms with E-state index in [9.17, 15) is 9.59 Å². The minimum atomic E-state index is -0.346. The fourth-order valence-electron chi connectivity index (χ4n) is 3.95. The largest absolute Gasteiger partial charge is 0.496 e. The van der Waals surface area contributed by atoms with Crippen LogP contribution in [0.25, 0.3) is 0 Å². The van der Waals surface area contributed by atoms with Crippen molar-refractivity contribution < 1.29 is 14.3 Å². The van der Waals surface area contributed by atoms with Crippen molar-refractivity contribution >= 4 is 23.6 Å². The molecule has 0 aromatic heterocycles. The molecule has 0 radical (unpaired) electrons. The Morgan fingerprint density at radius 1 is 1.07 bits per heavy atom. The van der Waals surface area contributed by atoms with Gasteiger partial charge in [0.15, 0.2) is 0 Å². The molecule has 4 rings (SSSR count). The summed E-state index contributed by atoms with van der Waals surface area (Å²) in [5.74, 6) is 1.50. The average molecular weight is 397 g/mol. The maximum atomic E-state index is 13.1. The molecule has 2 aliphatic heterocycles. The number of para-hydroxylation sites is 1. The Hall–Kier alpha value is -2.47. The molecule has 0 unspecified atom stereocenters. The lowest BCUT2D eigenvalue weighted by molar-refractivity contribution is -0.155. The number of aryl methyl sites for hydroxylation is 1. The van der Waals surface area contributed by atoms with Gasteiger partial charge in [0.2, 0.25) is 11.8 Å². The predicted octanol–water partition coefficient (Wildman–Crippen LogP) is 2.94. The van der Waals surface area contributed by atoms with Crippen LogP contribution in [0.15, 0.2) is 54.6 Å². The Morgan fingerprint density at radius 3 is 2.61 bits per heavy atom. The number of rotatable bonds is 6. The Kier molecular flexibility index (Phi) is 5.57. The lowest BCUT2D eigenvalue weighted by Crippen LogP contribution is -2.59. The first kappa shape index (κ1) is 18.9. The van der Waals surface area contributed by atoms with E-state index >= 15 is 0 Å². The maximum Gasteiger partial charge on any atom is 0.247 e. The van der Waals surface area contributed by atoms with Gasteiger partial charge in [-0.2, -0.15) is 0 Å². The molecule has 2 aliphatic rings. The van der Waals surface area contributed by atoms with Crippen LogP contribution in [0, 0.1) is 0 Å². The molecule has 5 nitrogen and oxygen atoms in total. The van der Waals surface area contributed by atoms with E-state index in [0.717, 1.165) is 24.2 Å². The maximum absolute atomic E-state index is 13.1. The van der Waals surface area contributed by atoms with Crippen LogP contribution in [-0.4, -0.2) is 52.4 Å². The number of piperazine rings is 1. The molecular formula is C22H24N2O3S. The molecule has 2 aromatic carbocycles. The van der Waals surface area contributed by atoms with Crippen molar-refractivity contribution in [2.75, 3.05) is 19.4 Å². The van der Waals surface area contributed by atoms with E-state index in [2.05, 4.69) is 12.1 Å². The van der Waals surface area contributed by atoms with Gasteiger partial charge in [0.05, 0.1) is 12.5 Å². The minimum Gasteiger partial charge on any atom is -0.496 e. The van der Waals surface area contributed by atoms with Crippen LogP contribution in [-0.2, 0) is 22.6 Å². The van der Waals surface area contributed by atoms with Crippen LogP contribution in [0.3, 0.4) is 0 Å². The summed E-state index contributed by atoms with van der Waals surface area (Å²) in [7, 11) is 1.62. The lowest BCUT2D eigenvalue weighted by Gasteiger charge is -2.38. The third kappa shape index (κ3) is 3.74. The second-order valence-corrected chi connectivity index (χ2v) is 8.35. The molecule has 2 saturated heterocycles. The summed E-state index contributed by atoms with van der Waals surface area (Å²) >= 11 is 1.72. The first-order valence-corrected chi connectivity index (χ1v) is 10.6. The Bertz CT molecular complexity index is 858. The van der Waals surface area contributed by atoms with Crippen LogP contribution in [0.5, 0.6) is 5.75 Å². The zero-order valence-corrected chi connectivity index (χ0v) is 16.7. The number of benzene rings is 2. The number of amides is 2. The highest BCUT2D eigenvalue weighted by Gasteiger charge is 2.47. The molecule has 2 fully saturated rings. The second kappa shape index (κ2) is 8.27. The third-order valence-electron chi connectivity index (χ3n) is 5.38. The van der Waals surface area contributed by atoms with E-state index in [4.69, 9.17) is 4.74 Å². The van der Waals surface area contributed by atoms with Crippen LogP contribution < -0.4 is 4.74 Å². The average Bonchev–Trinajstić information content (AvgIpc) is 3.16. The van der Waals surface area contributed by atoms with Crippen LogP contribution in [0.1, 0.15) is 17.5 Å². The fourth-order valence-corrected chi connectivity index (χ4v) is 5.37. The van der Waals surface area contributed by atoms with Gasteiger partial charge in [-0.3, -0.25) is 9.59 Å². The molecule has 0 bridgehead atoms. The van der Waals surface area contributed by atoms with E-state index in [1.54, 1.807) is 23.8 Å². The molecular weight excluding hydrogens is 372 g/mol. The normalized spacial score (nSPS) is 21.8. The minimum absolute atomic E-state index is 0.0419. The fraction of sp³-hybridized carbons (Fsp3) is 0.364. The van der Waals surface area contributed by atoms with E-state index in [0.29, 0.717) is 12.3 Å². The summed E-state index contributed by atoms with van der Waals surface area (Å²) in [6.07, 6.45) is 1.78. The molecule has 0 N–H and O–H groups in total. The SMILES string of the molecule is COc1ccccc1CN1CC(=O)N2[C@H](CCc3ccccc3)SC[C@H]2C1=O. The lowest BCUT2D eigenvalue weighted by atomic mass is 10.1. The van der Waals surface area contributed by atoms with Crippen molar-refractivity contribution in [1.29, 1.82) is 0 Å². The Morgan fingerprint density at radius 2 is 1.82 bits per heavy atom. The second-order valence-electron chi connectivity index (χ2n) is 7.14. The van der Waals surface area contributed by atoms with Gasteiger partial charge in [-0.25, -0.2) is 0 Å². The summed E-state index contributed by atoms with van der Waals surface area (Å²) in [5.41, 5.74) is 2.19. The van der Waals surface area contributed by atoms with E-state index in [1.165, 1.54) is 5.56 Å². The number of ether oxygens (including phenoxy) is 1. The number of thioether (sulfide) groups is 1. The van der Waals surface area contributed by atoms with Gasteiger partial charge in [0, 0.05) is 17.9 Å². The number of fused-ring (bicyclic) bond motifs is 1. The summed E-state index contributed by atoms with van der Waals surface area (Å²) in [6, 6.07) is 17.6. The quantitative estimate of drug-likeness (QED) is 0.753. The third-order valence-corrected chi connectivity index (χ3v) is 6.74. The zero-order valence-electron chi connectivity index (χ0n) is 15.9. The zero-order chi connectivity index (χ0) is 19.5. The standard InChI is InChI=1S/C22H24N2O3S/c1-27-19-10-6-5-9-17(19)13-23-14-20(25)24-18(22(23)26)15-28-21(24)12-11-16-7-3-2-4-8-16/h2-10,18,21H,11-15H2,1H3/t18-,21-/m0/s1. The molecule has 0 spiro atoms. The van der Waals surface area contributed by atoms with Gasteiger partial charge in [0.25, 0.3) is 0 Å². The predicted molar refractivity (Wildman–Crippen MR) is 110 cm³/mol. The van der Waals surface area contributed by atoms with Gasteiger partial charge in [-0.05, 0) is 24.5 Å². The summed E-state index contributed by atoms with van der Waals surface area (Å²) in [6.45, 7) is 0.536. The molecule has 2 heterocycles. The van der Waals surface area contributed by atoms with Gasteiger partial charge in [0.1, 0.15) is 18.3 Å². The number of hydrogen-bond acceptors (Lipinski definition) is 4. The Balaban J connectivity index is 1.43. The van der Waals surface area contributed by atoms with Crippen molar-refractivity contribution in [3.05, 3.63) is 65.7 Å². The Labute approximate surface area is 169 Å².